The Labute approximate surface area is 143 Å². The number of ether oxygens (including phenoxy) is 1. The fraction of sp³-hybridized carbons (Fsp3) is 0.350. The molecule has 2 rings (SSSR count). The Morgan fingerprint density at radius 3 is 2.42 bits per heavy atom. The molecule has 0 radical (unpaired) electrons. The molecular weight excluding hydrogens is 302 g/mol. The Kier molecular flexibility index (Phi) is 6.97. The van der Waals surface area contributed by atoms with E-state index in [-0.39, 0.29) is 5.97 Å². The van der Waals surface area contributed by atoms with E-state index in [0.717, 1.165) is 18.4 Å². The van der Waals surface area contributed by atoms with Gasteiger partial charge in [-0.05, 0) is 43.0 Å². The number of rotatable bonds is 8. The van der Waals surface area contributed by atoms with Crippen LogP contribution in [0.5, 0.6) is 5.75 Å². The highest BCUT2D eigenvalue weighted by atomic mass is 16.5. The lowest BCUT2D eigenvalue weighted by Crippen LogP contribution is -2.30. The topological polar surface area (TPSA) is 58.6 Å². The quantitative estimate of drug-likeness (QED) is 0.577. The summed E-state index contributed by atoms with van der Waals surface area (Å²) in [6.07, 6.45) is 1.40. The van der Waals surface area contributed by atoms with E-state index in [1.807, 2.05) is 54.6 Å². The van der Waals surface area contributed by atoms with Crippen molar-refractivity contribution in [2.45, 2.75) is 38.8 Å². The molecule has 2 aromatic rings. The van der Waals surface area contributed by atoms with E-state index in [2.05, 4.69) is 12.2 Å². The number of esters is 1. The number of carbonyl (C=O) groups is 1. The average molecular weight is 327 g/mol. The van der Waals surface area contributed by atoms with Crippen LogP contribution in [-0.2, 0) is 11.2 Å². The van der Waals surface area contributed by atoms with E-state index in [4.69, 9.17) is 4.74 Å². The van der Waals surface area contributed by atoms with E-state index in [9.17, 15) is 9.90 Å². The Morgan fingerprint density at radius 1 is 1.12 bits per heavy atom. The highest BCUT2D eigenvalue weighted by Crippen LogP contribution is 2.15. The standard InChI is InChI=1S/C20H25NO3/c1-15(21-14-20(23)18-6-4-3-5-7-18)8-9-17-10-12-19(13-11-17)24-16(2)22/h3-7,10-13,15,20-21,23H,8-9,14H2,1-2H3. The first kappa shape index (κ1) is 18.2. The normalized spacial score (nSPS) is 13.3. The first-order valence-electron chi connectivity index (χ1n) is 8.28. The molecule has 0 aliphatic heterocycles. The molecule has 2 N–H and O–H groups in total. The monoisotopic (exact) mass is 327 g/mol. The van der Waals surface area contributed by atoms with Crippen molar-refractivity contribution < 1.29 is 14.6 Å². The first-order valence-corrected chi connectivity index (χ1v) is 8.28. The van der Waals surface area contributed by atoms with Crippen LogP contribution < -0.4 is 10.1 Å². The molecule has 0 saturated heterocycles. The molecule has 0 aromatic heterocycles. The fourth-order valence-electron chi connectivity index (χ4n) is 2.48. The summed E-state index contributed by atoms with van der Waals surface area (Å²) in [6.45, 7) is 4.05. The predicted molar refractivity (Wildman–Crippen MR) is 94.9 cm³/mol. The molecule has 0 bridgehead atoms. The minimum Gasteiger partial charge on any atom is -0.427 e. The van der Waals surface area contributed by atoms with Crippen LogP contribution in [0.1, 0.15) is 37.5 Å². The summed E-state index contributed by atoms with van der Waals surface area (Å²) in [5, 5.41) is 13.5. The minimum absolute atomic E-state index is 0.302. The highest BCUT2D eigenvalue weighted by Gasteiger charge is 2.09. The SMILES string of the molecule is CC(=O)Oc1ccc(CCC(C)NCC(O)c2ccccc2)cc1. The average Bonchev–Trinajstić information content (AvgIpc) is 2.59. The summed E-state index contributed by atoms with van der Waals surface area (Å²) >= 11 is 0. The van der Waals surface area contributed by atoms with Crippen LogP contribution in [0.15, 0.2) is 54.6 Å². The second-order valence-electron chi connectivity index (χ2n) is 6.01. The number of aliphatic hydroxyl groups is 1. The van der Waals surface area contributed by atoms with Gasteiger partial charge in [0.2, 0.25) is 0 Å². The van der Waals surface area contributed by atoms with Crippen LogP contribution in [0.4, 0.5) is 0 Å². The van der Waals surface area contributed by atoms with Crippen LogP contribution in [0.25, 0.3) is 0 Å². The zero-order valence-corrected chi connectivity index (χ0v) is 14.2. The molecular formula is C20H25NO3. The van der Waals surface area contributed by atoms with Gasteiger partial charge in [-0.15, -0.1) is 0 Å². The van der Waals surface area contributed by atoms with Gasteiger partial charge in [0, 0.05) is 19.5 Å². The molecule has 0 amide bonds. The molecule has 2 aromatic carbocycles. The number of aliphatic hydroxyl groups excluding tert-OH is 1. The van der Waals surface area contributed by atoms with Crippen molar-refractivity contribution in [3.63, 3.8) is 0 Å². The summed E-state index contributed by atoms with van der Waals surface area (Å²) in [5.74, 6) is 0.265. The molecule has 4 nitrogen and oxygen atoms in total. The third kappa shape index (κ3) is 6.14. The molecule has 2 unspecified atom stereocenters. The number of hydrogen-bond acceptors (Lipinski definition) is 4. The summed E-state index contributed by atoms with van der Waals surface area (Å²) in [6, 6.07) is 17.6. The Balaban J connectivity index is 1.72. The molecule has 0 saturated carbocycles. The molecule has 24 heavy (non-hydrogen) atoms. The number of benzene rings is 2. The van der Waals surface area contributed by atoms with Gasteiger partial charge >= 0.3 is 5.97 Å². The lowest BCUT2D eigenvalue weighted by molar-refractivity contribution is -0.131. The van der Waals surface area contributed by atoms with Crippen molar-refractivity contribution >= 4 is 5.97 Å². The molecule has 0 heterocycles. The number of carbonyl (C=O) groups excluding carboxylic acids is 1. The van der Waals surface area contributed by atoms with Gasteiger partial charge in [0.15, 0.2) is 0 Å². The van der Waals surface area contributed by atoms with Crippen molar-refractivity contribution in [3.05, 3.63) is 65.7 Å². The van der Waals surface area contributed by atoms with Crippen LogP contribution in [0.2, 0.25) is 0 Å². The van der Waals surface area contributed by atoms with Crippen LogP contribution in [-0.4, -0.2) is 23.7 Å². The Hall–Kier alpha value is -2.17. The van der Waals surface area contributed by atoms with E-state index in [1.54, 1.807) is 0 Å². The van der Waals surface area contributed by atoms with Crippen molar-refractivity contribution in [3.8, 4) is 5.75 Å². The van der Waals surface area contributed by atoms with Gasteiger partial charge in [-0.2, -0.15) is 0 Å². The maximum absolute atomic E-state index is 10.9. The number of hydrogen-bond donors (Lipinski definition) is 2. The second-order valence-corrected chi connectivity index (χ2v) is 6.01. The zero-order valence-electron chi connectivity index (χ0n) is 14.2. The van der Waals surface area contributed by atoms with Gasteiger partial charge in [0.25, 0.3) is 0 Å². The third-order valence-corrected chi connectivity index (χ3v) is 3.89. The van der Waals surface area contributed by atoms with Crippen molar-refractivity contribution in [2.75, 3.05) is 6.54 Å². The molecule has 4 heteroatoms. The fourth-order valence-corrected chi connectivity index (χ4v) is 2.48. The van der Waals surface area contributed by atoms with E-state index in [0.29, 0.717) is 18.3 Å². The summed E-state index contributed by atoms with van der Waals surface area (Å²) in [4.78, 5) is 10.9. The molecule has 0 fully saturated rings. The van der Waals surface area contributed by atoms with Crippen molar-refractivity contribution in [1.29, 1.82) is 0 Å². The largest absolute Gasteiger partial charge is 0.427 e. The third-order valence-electron chi connectivity index (χ3n) is 3.89. The number of nitrogens with one attached hydrogen (secondary N) is 1. The van der Waals surface area contributed by atoms with Gasteiger partial charge in [0.1, 0.15) is 5.75 Å². The van der Waals surface area contributed by atoms with Gasteiger partial charge in [-0.1, -0.05) is 42.5 Å². The molecule has 0 spiro atoms. The molecule has 2 atom stereocenters. The second kappa shape index (κ2) is 9.21. The summed E-state index contributed by atoms with van der Waals surface area (Å²) < 4.78 is 5.02. The van der Waals surface area contributed by atoms with Gasteiger partial charge in [-0.3, -0.25) is 4.79 Å². The van der Waals surface area contributed by atoms with Crippen LogP contribution >= 0.6 is 0 Å². The maximum atomic E-state index is 10.9. The Morgan fingerprint density at radius 2 is 1.79 bits per heavy atom. The van der Waals surface area contributed by atoms with E-state index >= 15 is 0 Å². The van der Waals surface area contributed by atoms with Crippen LogP contribution in [0.3, 0.4) is 0 Å². The van der Waals surface area contributed by atoms with Gasteiger partial charge in [0.05, 0.1) is 6.10 Å². The van der Waals surface area contributed by atoms with Gasteiger partial charge in [-0.25, -0.2) is 0 Å². The zero-order chi connectivity index (χ0) is 17.4. The maximum Gasteiger partial charge on any atom is 0.308 e. The van der Waals surface area contributed by atoms with Crippen LogP contribution in [0, 0.1) is 0 Å². The first-order chi connectivity index (χ1) is 11.5. The smallest absolute Gasteiger partial charge is 0.308 e. The lowest BCUT2D eigenvalue weighted by Gasteiger charge is -2.17. The lowest BCUT2D eigenvalue weighted by atomic mass is 10.1. The minimum atomic E-state index is -0.489. The molecule has 128 valence electrons. The Bertz CT molecular complexity index is 625. The van der Waals surface area contributed by atoms with Gasteiger partial charge < -0.3 is 15.2 Å². The highest BCUT2D eigenvalue weighted by molar-refractivity contribution is 5.69. The number of aryl methyl sites for hydroxylation is 1. The summed E-state index contributed by atoms with van der Waals surface area (Å²) in [7, 11) is 0. The van der Waals surface area contributed by atoms with E-state index < -0.39 is 6.10 Å². The van der Waals surface area contributed by atoms with Crippen molar-refractivity contribution in [2.24, 2.45) is 0 Å². The molecule has 0 aliphatic rings. The molecule has 0 aliphatic carbocycles. The van der Waals surface area contributed by atoms with E-state index in [1.165, 1.54) is 12.5 Å². The summed E-state index contributed by atoms with van der Waals surface area (Å²) in [5.41, 5.74) is 2.13. The van der Waals surface area contributed by atoms with Crippen molar-refractivity contribution in [1.82, 2.24) is 5.32 Å². The predicted octanol–water partition coefficient (Wildman–Crippen LogP) is 3.26.